The fraction of sp³-hybridized carbons (Fsp3) is 0.400. The molecule has 6 nitrogen and oxygen atoms in total. The maximum Gasteiger partial charge on any atom is 0.350 e. The van der Waals surface area contributed by atoms with Crippen molar-refractivity contribution in [1.29, 1.82) is 0 Å². The van der Waals surface area contributed by atoms with Gasteiger partial charge in [0.2, 0.25) is 0 Å². The molecule has 0 aliphatic carbocycles. The number of pyridine rings is 1. The van der Waals surface area contributed by atoms with Gasteiger partial charge in [-0.1, -0.05) is 0 Å². The van der Waals surface area contributed by atoms with Crippen molar-refractivity contribution in [2.24, 2.45) is 4.99 Å². The lowest BCUT2D eigenvalue weighted by atomic mass is 10.2. The van der Waals surface area contributed by atoms with Crippen molar-refractivity contribution >= 4 is 45.2 Å². The molecular weight excluding hydrogens is 300 g/mol. The van der Waals surface area contributed by atoms with E-state index in [0.29, 0.717) is 10.6 Å². The maximum absolute atomic E-state index is 12.1. The lowest BCUT2D eigenvalue weighted by Gasteiger charge is -2.15. The van der Waals surface area contributed by atoms with Crippen LogP contribution in [0.4, 0.5) is 11.4 Å². The molecule has 2 heterocycles. The molecule has 2 aromatic heterocycles. The molecule has 0 N–H and O–H groups in total. The highest BCUT2D eigenvalue weighted by molar-refractivity contribution is 7.21. The molecule has 0 saturated carbocycles. The number of aromatic nitrogens is 1. The van der Waals surface area contributed by atoms with Crippen molar-refractivity contribution in [3.63, 3.8) is 0 Å². The zero-order valence-electron chi connectivity index (χ0n) is 13.7. The van der Waals surface area contributed by atoms with Crippen LogP contribution in [0.1, 0.15) is 15.4 Å². The SMILES string of the molecule is COC(=O)c1sc2nc(C)cc(N(C)C)c2c1/N=C\N(C)C. The number of carbonyl (C=O) groups is 1. The van der Waals surface area contributed by atoms with E-state index in [1.807, 2.05) is 51.0 Å². The Hall–Kier alpha value is -2.15. The van der Waals surface area contributed by atoms with Crippen LogP contribution in [0.3, 0.4) is 0 Å². The topological polar surface area (TPSA) is 58.0 Å². The minimum absolute atomic E-state index is 0.392. The summed E-state index contributed by atoms with van der Waals surface area (Å²) in [5.74, 6) is -0.392. The molecule has 0 aliphatic rings. The average molecular weight is 320 g/mol. The highest BCUT2D eigenvalue weighted by atomic mass is 32.1. The summed E-state index contributed by atoms with van der Waals surface area (Å²) in [5, 5.41) is 0.874. The van der Waals surface area contributed by atoms with Gasteiger partial charge in [-0.05, 0) is 13.0 Å². The molecule has 2 aromatic rings. The average Bonchev–Trinajstić information content (AvgIpc) is 2.81. The minimum Gasteiger partial charge on any atom is -0.465 e. The molecule has 118 valence electrons. The molecule has 0 unspecified atom stereocenters. The van der Waals surface area contributed by atoms with Crippen molar-refractivity contribution < 1.29 is 9.53 Å². The first-order valence-electron chi connectivity index (χ1n) is 6.75. The van der Waals surface area contributed by atoms with E-state index in [0.717, 1.165) is 21.6 Å². The Bertz CT molecular complexity index is 735. The summed E-state index contributed by atoms with van der Waals surface area (Å²) < 4.78 is 4.89. The standard InChI is InChI=1S/C15H20N4O2S/c1-9-7-10(19(4)5)11-12(16-8-18(2)3)13(15(20)21-6)22-14(11)17-9/h7-8H,1-6H3/b16-8-. The molecular formula is C15H20N4O2S. The van der Waals surface area contributed by atoms with Gasteiger partial charge in [-0.25, -0.2) is 14.8 Å². The smallest absolute Gasteiger partial charge is 0.350 e. The summed E-state index contributed by atoms with van der Waals surface area (Å²) in [6.07, 6.45) is 1.67. The summed E-state index contributed by atoms with van der Waals surface area (Å²) in [5.41, 5.74) is 2.49. The molecule has 22 heavy (non-hydrogen) atoms. The molecule has 0 saturated heterocycles. The number of hydrogen-bond acceptors (Lipinski definition) is 6. The largest absolute Gasteiger partial charge is 0.465 e. The van der Waals surface area contributed by atoms with E-state index in [2.05, 4.69) is 9.98 Å². The molecule has 0 aromatic carbocycles. The third-order valence-electron chi connectivity index (χ3n) is 3.01. The zero-order chi connectivity index (χ0) is 16.4. The number of carbonyl (C=O) groups excluding carboxylic acids is 1. The van der Waals surface area contributed by atoms with Crippen LogP contribution in [-0.4, -0.2) is 57.5 Å². The Kier molecular flexibility index (Phi) is 4.65. The van der Waals surface area contributed by atoms with Gasteiger partial charge in [-0.3, -0.25) is 0 Å². The van der Waals surface area contributed by atoms with Gasteiger partial charge in [0, 0.05) is 33.9 Å². The van der Waals surface area contributed by atoms with E-state index in [9.17, 15) is 4.79 Å². The number of aliphatic imine (C=N–C) groups is 1. The summed E-state index contributed by atoms with van der Waals surface area (Å²) in [4.78, 5) is 26.2. The Labute approximate surface area is 134 Å². The van der Waals surface area contributed by atoms with Gasteiger partial charge >= 0.3 is 5.97 Å². The van der Waals surface area contributed by atoms with Crippen LogP contribution in [0.5, 0.6) is 0 Å². The second kappa shape index (κ2) is 6.31. The monoisotopic (exact) mass is 320 g/mol. The zero-order valence-corrected chi connectivity index (χ0v) is 14.5. The minimum atomic E-state index is -0.392. The quantitative estimate of drug-likeness (QED) is 0.492. The number of nitrogens with zero attached hydrogens (tertiary/aromatic N) is 4. The van der Waals surface area contributed by atoms with Crippen molar-refractivity contribution in [1.82, 2.24) is 9.88 Å². The number of methoxy groups -OCH3 is 1. The maximum atomic E-state index is 12.1. The summed E-state index contributed by atoms with van der Waals surface area (Å²) >= 11 is 1.31. The summed E-state index contributed by atoms with van der Waals surface area (Å²) in [6, 6.07) is 1.99. The second-order valence-electron chi connectivity index (χ2n) is 5.34. The Morgan fingerprint density at radius 1 is 1.36 bits per heavy atom. The normalized spacial score (nSPS) is 11.2. The number of fused-ring (bicyclic) bond motifs is 1. The van der Waals surface area contributed by atoms with Gasteiger partial charge in [0.1, 0.15) is 15.4 Å². The van der Waals surface area contributed by atoms with Gasteiger partial charge < -0.3 is 14.5 Å². The molecule has 7 heteroatoms. The van der Waals surface area contributed by atoms with Crippen molar-refractivity contribution in [3.05, 3.63) is 16.6 Å². The van der Waals surface area contributed by atoms with Crippen molar-refractivity contribution in [3.8, 4) is 0 Å². The third kappa shape index (κ3) is 3.04. The van der Waals surface area contributed by atoms with Crippen molar-refractivity contribution in [2.45, 2.75) is 6.92 Å². The predicted octanol–water partition coefficient (Wildman–Crippen LogP) is 2.68. The second-order valence-corrected chi connectivity index (χ2v) is 6.34. The highest BCUT2D eigenvalue weighted by Gasteiger charge is 2.22. The van der Waals surface area contributed by atoms with E-state index < -0.39 is 5.97 Å². The van der Waals surface area contributed by atoms with Crippen LogP contribution in [0, 0.1) is 6.92 Å². The van der Waals surface area contributed by atoms with Gasteiger partial charge in [-0.2, -0.15) is 0 Å². The Morgan fingerprint density at radius 2 is 2.05 bits per heavy atom. The molecule has 0 amide bonds. The fourth-order valence-corrected chi connectivity index (χ4v) is 3.17. The fourth-order valence-electron chi connectivity index (χ4n) is 2.06. The first-order chi connectivity index (χ1) is 10.3. The van der Waals surface area contributed by atoms with Gasteiger partial charge in [0.25, 0.3) is 0 Å². The molecule has 0 spiro atoms. The Balaban J connectivity index is 2.82. The van der Waals surface area contributed by atoms with Crippen LogP contribution < -0.4 is 4.90 Å². The predicted molar refractivity (Wildman–Crippen MR) is 91.9 cm³/mol. The van der Waals surface area contributed by atoms with E-state index in [4.69, 9.17) is 4.74 Å². The molecule has 0 fully saturated rings. The number of thiophene rings is 1. The van der Waals surface area contributed by atoms with Crippen LogP contribution >= 0.6 is 11.3 Å². The number of esters is 1. The Morgan fingerprint density at radius 3 is 2.59 bits per heavy atom. The molecule has 2 rings (SSSR count). The lowest BCUT2D eigenvalue weighted by molar-refractivity contribution is 0.0607. The molecule has 0 bridgehead atoms. The van der Waals surface area contributed by atoms with E-state index >= 15 is 0 Å². The van der Waals surface area contributed by atoms with Crippen LogP contribution in [0.2, 0.25) is 0 Å². The van der Waals surface area contributed by atoms with E-state index in [1.54, 1.807) is 6.34 Å². The van der Waals surface area contributed by atoms with Gasteiger partial charge in [-0.15, -0.1) is 11.3 Å². The number of anilines is 1. The van der Waals surface area contributed by atoms with Crippen molar-refractivity contribution in [2.75, 3.05) is 40.2 Å². The highest BCUT2D eigenvalue weighted by Crippen LogP contribution is 2.42. The first kappa shape index (κ1) is 16.2. The number of rotatable bonds is 4. The third-order valence-corrected chi connectivity index (χ3v) is 4.07. The van der Waals surface area contributed by atoms with Crippen LogP contribution in [0.15, 0.2) is 11.1 Å². The number of aryl methyl sites for hydroxylation is 1. The van der Waals surface area contributed by atoms with Gasteiger partial charge in [0.05, 0.1) is 24.5 Å². The molecule has 0 aliphatic heterocycles. The number of ether oxygens (including phenoxy) is 1. The summed E-state index contributed by atoms with van der Waals surface area (Å²) in [7, 11) is 9.06. The van der Waals surface area contributed by atoms with E-state index in [-0.39, 0.29) is 0 Å². The first-order valence-corrected chi connectivity index (χ1v) is 7.57. The van der Waals surface area contributed by atoms with Gasteiger partial charge in [0.15, 0.2) is 0 Å². The number of hydrogen-bond donors (Lipinski definition) is 0. The van der Waals surface area contributed by atoms with Crippen LogP contribution in [-0.2, 0) is 4.74 Å². The van der Waals surface area contributed by atoms with E-state index in [1.165, 1.54) is 18.4 Å². The van der Waals surface area contributed by atoms with Crippen LogP contribution in [0.25, 0.3) is 10.2 Å². The molecule has 0 atom stereocenters. The lowest BCUT2D eigenvalue weighted by Crippen LogP contribution is -2.10. The summed E-state index contributed by atoms with van der Waals surface area (Å²) in [6.45, 7) is 1.94. The molecule has 0 radical (unpaired) electrons.